The van der Waals surface area contributed by atoms with Gasteiger partial charge in [0.05, 0.1) is 8.66 Å². The smallest absolute Gasteiger partial charge is 0.183 e. The molecule has 0 bridgehead atoms. The van der Waals surface area contributed by atoms with Gasteiger partial charge >= 0.3 is 0 Å². The van der Waals surface area contributed by atoms with Crippen LogP contribution in [0.3, 0.4) is 0 Å². The van der Waals surface area contributed by atoms with Gasteiger partial charge in [-0.25, -0.2) is 9.50 Å². The Labute approximate surface area is 103 Å². The second-order valence-electron chi connectivity index (χ2n) is 3.27. The van der Waals surface area contributed by atoms with Crippen LogP contribution in [0.5, 0.6) is 0 Å². The number of nitrogens with one attached hydrogen (secondary N) is 1. The van der Waals surface area contributed by atoms with Crippen molar-refractivity contribution < 1.29 is 0 Å². The number of fused-ring (bicyclic) bond motifs is 1. The van der Waals surface area contributed by atoms with Crippen molar-refractivity contribution in [3.05, 3.63) is 44.5 Å². The molecule has 16 heavy (non-hydrogen) atoms. The van der Waals surface area contributed by atoms with Crippen LogP contribution in [-0.4, -0.2) is 14.6 Å². The molecular weight excluding hydrogens is 290 g/mol. The summed E-state index contributed by atoms with van der Waals surface area (Å²) >= 11 is 5.00. The van der Waals surface area contributed by atoms with Crippen molar-refractivity contribution in [3.8, 4) is 10.7 Å². The minimum Gasteiger partial charge on any atom is -0.290 e. The van der Waals surface area contributed by atoms with Crippen molar-refractivity contribution in [2.75, 3.05) is 0 Å². The number of hydrogen-bond donors (Lipinski definition) is 1. The first-order valence-electron chi connectivity index (χ1n) is 4.56. The average molecular weight is 296 g/mol. The highest BCUT2D eigenvalue weighted by Crippen LogP contribution is 2.29. The molecule has 3 aromatic heterocycles. The Hall–Kier alpha value is -1.40. The van der Waals surface area contributed by atoms with E-state index < -0.39 is 0 Å². The lowest BCUT2D eigenvalue weighted by atomic mass is 10.4. The molecular formula is C10H6BrN3OS. The fraction of sp³-hybridized carbons (Fsp3) is 0. The van der Waals surface area contributed by atoms with Gasteiger partial charge in [0.15, 0.2) is 16.9 Å². The zero-order valence-electron chi connectivity index (χ0n) is 7.98. The maximum atomic E-state index is 11.2. The molecule has 1 N–H and O–H groups in total. The third kappa shape index (κ3) is 1.60. The number of rotatable bonds is 1. The normalized spacial score (nSPS) is 11.1. The molecule has 0 aromatic carbocycles. The van der Waals surface area contributed by atoms with Gasteiger partial charge in [0.25, 0.3) is 0 Å². The van der Waals surface area contributed by atoms with E-state index in [1.165, 1.54) is 12.1 Å². The summed E-state index contributed by atoms with van der Waals surface area (Å²) in [5.41, 5.74) is 0.595. The predicted molar refractivity (Wildman–Crippen MR) is 66.8 cm³/mol. The zero-order valence-corrected chi connectivity index (χ0v) is 10.4. The average Bonchev–Trinajstić information content (AvgIpc) is 2.83. The van der Waals surface area contributed by atoms with Crippen LogP contribution in [0.15, 0.2) is 39.0 Å². The van der Waals surface area contributed by atoms with Gasteiger partial charge in [-0.3, -0.25) is 9.89 Å². The maximum absolute atomic E-state index is 11.2. The third-order valence-corrected chi connectivity index (χ3v) is 3.80. The molecule has 3 aromatic rings. The quantitative estimate of drug-likeness (QED) is 0.750. The summed E-state index contributed by atoms with van der Waals surface area (Å²) in [5.74, 6) is 0.765. The first-order valence-corrected chi connectivity index (χ1v) is 6.17. The van der Waals surface area contributed by atoms with Crippen LogP contribution in [0, 0.1) is 0 Å². The van der Waals surface area contributed by atoms with Crippen LogP contribution in [0.4, 0.5) is 0 Å². The molecule has 0 fully saturated rings. The molecule has 0 aliphatic rings. The van der Waals surface area contributed by atoms with Gasteiger partial charge in [-0.1, -0.05) is 0 Å². The maximum Gasteiger partial charge on any atom is 0.183 e. The standard InChI is InChI=1S/C10H6BrN3OS/c11-8-2-1-7(16-8)10-12-9-5-6(15)3-4-14(9)13-10/h1-5H,(H,12,13). The molecule has 0 amide bonds. The molecule has 0 radical (unpaired) electrons. The van der Waals surface area contributed by atoms with Crippen LogP contribution in [-0.2, 0) is 0 Å². The van der Waals surface area contributed by atoms with Gasteiger partial charge in [-0.05, 0) is 28.1 Å². The summed E-state index contributed by atoms with van der Waals surface area (Å²) in [6, 6.07) is 6.95. The minimum absolute atomic E-state index is 0.0367. The van der Waals surface area contributed by atoms with Crippen molar-refractivity contribution in [1.29, 1.82) is 0 Å². The first-order chi connectivity index (χ1) is 7.72. The number of thiophene rings is 1. The number of nitrogens with zero attached hydrogens (tertiary/aromatic N) is 2. The molecule has 0 aliphatic heterocycles. The van der Waals surface area contributed by atoms with Crippen molar-refractivity contribution in [3.63, 3.8) is 0 Å². The number of hydrogen-bond acceptors (Lipinski definition) is 3. The lowest BCUT2D eigenvalue weighted by Crippen LogP contribution is -1.98. The molecule has 3 rings (SSSR count). The number of H-pyrrole nitrogens is 1. The first kappa shape index (κ1) is 9.80. The minimum atomic E-state index is -0.0367. The summed E-state index contributed by atoms with van der Waals surface area (Å²) in [5, 5.41) is 3.11. The number of pyridine rings is 1. The van der Waals surface area contributed by atoms with E-state index in [0.717, 1.165) is 14.5 Å². The fourth-order valence-electron chi connectivity index (χ4n) is 1.46. The Bertz CT molecular complexity index is 712. The van der Waals surface area contributed by atoms with E-state index in [1.54, 1.807) is 22.0 Å². The number of aromatic amines is 1. The molecule has 0 aliphatic carbocycles. The van der Waals surface area contributed by atoms with E-state index in [9.17, 15) is 4.79 Å². The third-order valence-electron chi connectivity index (χ3n) is 2.17. The van der Waals surface area contributed by atoms with Crippen LogP contribution >= 0.6 is 27.3 Å². The van der Waals surface area contributed by atoms with E-state index >= 15 is 0 Å². The van der Waals surface area contributed by atoms with Crippen LogP contribution in [0.25, 0.3) is 16.3 Å². The lowest BCUT2D eigenvalue weighted by molar-refractivity contribution is 0.964. The second-order valence-corrected chi connectivity index (χ2v) is 5.73. The molecule has 0 saturated carbocycles. The lowest BCUT2D eigenvalue weighted by Gasteiger charge is -1.88. The van der Waals surface area contributed by atoms with Crippen LogP contribution in [0.1, 0.15) is 0 Å². The zero-order chi connectivity index (χ0) is 11.1. The Kier molecular flexibility index (Phi) is 2.19. The number of halogens is 1. The number of aromatic nitrogens is 3. The highest BCUT2D eigenvalue weighted by Gasteiger charge is 2.06. The van der Waals surface area contributed by atoms with Crippen molar-refractivity contribution in [2.24, 2.45) is 0 Å². The molecule has 0 atom stereocenters. The van der Waals surface area contributed by atoms with Gasteiger partial charge in [0, 0.05) is 18.3 Å². The van der Waals surface area contributed by atoms with E-state index in [0.29, 0.717) is 5.65 Å². The van der Waals surface area contributed by atoms with Crippen molar-refractivity contribution in [1.82, 2.24) is 14.6 Å². The highest BCUT2D eigenvalue weighted by molar-refractivity contribution is 9.11. The highest BCUT2D eigenvalue weighted by atomic mass is 79.9. The van der Waals surface area contributed by atoms with E-state index in [2.05, 4.69) is 26.0 Å². The van der Waals surface area contributed by atoms with Crippen LogP contribution < -0.4 is 5.43 Å². The molecule has 80 valence electrons. The summed E-state index contributed by atoms with van der Waals surface area (Å²) in [7, 11) is 0. The Morgan fingerprint density at radius 1 is 1.38 bits per heavy atom. The molecule has 0 saturated heterocycles. The molecule has 4 nitrogen and oxygen atoms in total. The Morgan fingerprint density at radius 2 is 2.25 bits per heavy atom. The van der Waals surface area contributed by atoms with E-state index in [4.69, 9.17) is 0 Å². The molecule has 0 unspecified atom stereocenters. The van der Waals surface area contributed by atoms with Crippen LogP contribution in [0.2, 0.25) is 0 Å². The largest absolute Gasteiger partial charge is 0.290 e. The van der Waals surface area contributed by atoms with Gasteiger partial charge < -0.3 is 0 Å². The molecule has 0 spiro atoms. The van der Waals surface area contributed by atoms with Crippen molar-refractivity contribution >= 4 is 32.9 Å². The monoisotopic (exact) mass is 295 g/mol. The molecule has 6 heteroatoms. The van der Waals surface area contributed by atoms with E-state index in [-0.39, 0.29) is 5.43 Å². The second kappa shape index (κ2) is 3.57. The SMILES string of the molecule is O=c1ccn2[nH]c(-c3ccc(Br)s3)nc2c1. The van der Waals surface area contributed by atoms with Gasteiger partial charge in [-0.2, -0.15) is 0 Å². The summed E-state index contributed by atoms with van der Waals surface area (Å²) in [6.45, 7) is 0. The Balaban J connectivity index is 2.22. The summed E-state index contributed by atoms with van der Waals surface area (Å²) < 4.78 is 2.78. The predicted octanol–water partition coefficient (Wildman–Crippen LogP) is 2.51. The fourth-order valence-corrected chi connectivity index (χ4v) is 2.78. The molecule has 3 heterocycles. The topological polar surface area (TPSA) is 50.2 Å². The van der Waals surface area contributed by atoms with Gasteiger partial charge in [-0.15, -0.1) is 11.3 Å². The van der Waals surface area contributed by atoms with Crippen molar-refractivity contribution in [2.45, 2.75) is 0 Å². The summed E-state index contributed by atoms with van der Waals surface area (Å²) in [4.78, 5) is 16.5. The van der Waals surface area contributed by atoms with Gasteiger partial charge in [0.1, 0.15) is 0 Å². The Morgan fingerprint density at radius 3 is 3.00 bits per heavy atom. The van der Waals surface area contributed by atoms with E-state index in [1.807, 2.05) is 12.1 Å². The van der Waals surface area contributed by atoms with Gasteiger partial charge in [0.2, 0.25) is 0 Å². The summed E-state index contributed by atoms with van der Waals surface area (Å²) in [6.07, 6.45) is 1.68.